The molecule has 4 nitrogen and oxygen atoms in total. The van der Waals surface area contributed by atoms with Crippen molar-refractivity contribution in [3.8, 4) is 11.5 Å². The second-order valence-electron chi connectivity index (χ2n) is 5.28. The molecule has 0 spiro atoms. The van der Waals surface area contributed by atoms with Crippen molar-refractivity contribution in [3.63, 3.8) is 0 Å². The lowest BCUT2D eigenvalue weighted by Crippen LogP contribution is -2.27. The molecule has 0 aliphatic carbocycles. The van der Waals surface area contributed by atoms with Gasteiger partial charge < -0.3 is 14.4 Å². The number of hydrogen-bond acceptors (Lipinski definition) is 4. The molecule has 2 aliphatic heterocycles. The fourth-order valence-electron chi connectivity index (χ4n) is 2.75. The standard InChI is InChI=1S/C17H15NO3S/c19-16-10-22-17(18(16)9-12-4-2-1-3-5-12)13-6-7-14-15(8-13)21-11-20-14/h1-8,17H,9-11H2/t17-/m0/s1. The van der Waals surface area contributed by atoms with Crippen molar-refractivity contribution in [2.75, 3.05) is 12.5 Å². The van der Waals surface area contributed by atoms with Crippen molar-refractivity contribution >= 4 is 17.7 Å². The molecule has 2 aromatic rings. The van der Waals surface area contributed by atoms with Crippen molar-refractivity contribution < 1.29 is 14.3 Å². The number of fused-ring (bicyclic) bond motifs is 1. The lowest BCUT2D eigenvalue weighted by Gasteiger charge is -2.24. The maximum atomic E-state index is 12.2. The molecule has 112 valence electrons. The Kier molecular flexibility index (Phi) is 3.42. The fraction of sp³-hybridized carbons (Fsp3) is 0.235. The molecule has 2 aromatic carbocycles. The van der Waals surface area contributed by atoms with E-state index in [2.05, 4.69) is 0 Å². The maximum Gasteiger partial charge on any atom is 0.234 e. The van der Waals surface area contributed by atoms with Crippen LogP contribution in [0.25, 0.3) is 0 Å². The normalized spacial score (nSPS) is 19.7. The topological polar surface area (TPSA) is 38.8 Å². The summed E-state index contributed by atoms with van der Waals surface area (Å²) in [5.41, 5.74) is 2.22. The summed E-state index contributed by atoms with van der Waals surface area (Å²) in [6.45, 7) is 0.898. The zero-order valence-electron chi connectivity index (χ0n) is 11.9. The second-order valence-corrected chi connectivity index (χ2v) is 6.35. The molecule has 5 heteroatoms. The molecule has 0 bridgehead atoms. The van der Waals surface area contributed by atoms with E-state index in [4.69, 9.17) is 9.47 Å². The van der Waals surface area contributed by atoms with E-state index in [1.165, 1.54) is 0 Å². The van der Waals surface area contributed by atoms with Gasteiger partial charge in [-0.1, -0.05) is 36.4 Å². The largest absolute Gasteiger partial charge is 0.454 e. The van der Waals surface area contributed by atoms with Gasteiger partial charge in [0.1, 0.15) is 5.37 Å². The molecule has 1 fully saturated rings. The van der Waals surface area contributed by atoms with Crippen LogP contribution in [0.5, 0.6) is 11.5 Å². The summed E-state index contributed by atoms with van der Waals surface area (Å²) in [6, 6.07) is 16.0. The van der Waals surface area contributed by atoms with Crippen LogP contribution < -0.4 is 9.47 Å². The van der Waals surface area contributed by atoms with E-state index in [1.807, 2.05) is 53.4 Å². The predicted octanol–water partition coefficient (Wildman–Crippen LogP) is 3.19. The number of nitrogens with zero attached hydrogens (tertiary/aromatic N) is 1. The Morgan fingerprint density at radius 3 is 2.77 bits per heavy atom. The van der Waals surface area contributed by atoms with Crippen LogP contribution in [0, 0.1) is 0 Å². The number of rotatable bonds is 3. The van der Waals surface area contributed by atoms with Gasteiger partial charge in [0.2, 0.25) is 12.7 Å². The van der Waals surface area contributed by atoms with Gasteiger partial charge in [-0.25, -0.2) is 0 Å². The van der Waals surface area contributed by atoms with E-state index in [0.717, 1.165) is 22.6 Å². The number of benzene rings is 2. The van der Waals surface area contributed by atoms with Gasteiger partial charge in [0.25, 0.3) is 0 Å². The summed E-state index contributed by atoms with van der Waals surface area (Å²) in [4.78, 5) is 14.2. The van der Waals surface area contributed by atoms with E-state index >= 15 is 0 Å². The Balaban J connectivity index is 1.61. The Labute approximate surface area is 133 Å². The third kappa shape index (κ3) is 2.41. The first-order valence-electron chi connectivity index (χ1n) is 7.16. The van der Waals surface area contributed by atoms with Crippen LogP contribution in [-0.2, 0) is 11.3 Å². The molecular weight excluding hydrogens is 298 g/mol. The van der Waals surface area contributed by atoms with Crippen molar-refractivity contribution in [1.82, 2.24) is 4.90 Å². The molecular formula is C17H15NO3S. The molecule has 0 radical (unpaired) electrons. The summed E-state index contributed by atoms with van der Waals surface area (Å²) < 4.78 is 10.8. The smallest absolute Gasteiger partial charge is 0.234 e. The van der Waals surface area contributed by atoms with E-state index in [-0.39, 0.29) is 18.1 Å². The van der Waals surface area contributed by atoms with Gasteiger partial charge in [-0.2, -0.15) is 0 Å². The Bertz CT molecular complexity index is 704. The van der Waals surface area contributed by atoms with E-state index in [9.17, 15) is 4.79 Å². The number of amides is 1. The van der Waals surface area contributed by atoms with E-state index in [0.29, 0.717) is 12.3 Å². The third-order valence-electron chi connectivity index (χ3n) is 3.85. The van der Waals surface area contributed by atoms with Crippen molar-refractivity contribution in [1.29, 1.82) is 0 Å². The molecule has 0 saturated carbocycles. The monoisotopic (exact) mass is 313 g/mol. The van der Waals surface area contributed by atoms with Crippen LogP contribution in [0.2, 0.25) is 0 Å². The highest BCUT2D eigenvalue weighted by molar-refractivity contribution is 8.00. The molecule has 0 aromatic heterocycles. The van der Waals surface area contributed by atoms with Crippen molar-refractivity contribution in [3.05, 3.63) is 59.7 Å². The highest BCUT2D eigenvalue weighted by Gasteiger charge is 2.33. The summed E-state index contributed by atoms with van der Waals surface area (Å²) in [6.07, 6.45) is 0. The van der Waals surface area contributed by atoms with Crippen molar-refractivity contribution in [2.24, 2.45) is 0 Å². The predicted molar refractivity (Wildman–Crippen MR) is 84.8 cm³/mol. The Morgan fingerprint density at radius 1 is 1.09 bits per heavy atom. The molecule has 0 N–H and O–H groups in total. The molecule has 4 rings (SSSR count). The second kappa shape index (κ2) is 5.57. The van der Waals surface area contributed by atoms with Crippen LogP contribution in [0.4, 0.5) is 0 Å². The minimum atomic E-state index is 0.0298. The summed E-state index contributed by atoms with van der Waals surface area (Å²) >= 11 is 1.66. The molecule has 2 aliphatic rings. The van der Waals surface area contributed by atoms with Crippen LogP contribution in [0.1, 0.15) is 16.5 Å². The summed E-state index contributed by atoms with van der Waals surface area (Å²) in [5.74, 6) is 2.23. The number of ether oxygens (including phenoxy) is 2. The average molecular weight is 313 g/mol. The molecule has 1 saturated heterocycles. The highest BCUT2D eigenvalue weighted by Crippen LogP contribution is 2.43. The van der Waals surface area contributed by atoms with Crippen molar-refractivity contribution in [2.45, 2.75) is 11.9 Å². The number of hydrogen-bond donors (Lipinski definition) is 0. The molecule has 22 heavy (non-hydrogen) atoms. The third-order valence-corrected chi connectivity index (χ3v) is 5.10. The molecule has 2 heterocycles. The summed E-state index contributed by atoms with van der Waals surface area (Å²) in [5, 5.41) is 0.0298. The van der Waals surface area contributed by atoms with Crippen LogP contribution in [0.3, 0.4) is 0 Å². The van der Waals surface area contributed by atoms with Crippen LogP contribution in [0.15, 0.2) is 48.5 Å². The maximum absolute atomic E-state index is 12.2. The SMILES string of the molecule is O=C1CS[C@@H](c2ccc3c(c2)OCO3)N1Cc1ccccc1. The zero-order chi connectivity index (χ0) is 14.9. The minimum Gasteiger partial charge on any atom is -0.454 e. The number of carbonyl (C=O) groups excluding carboxylic acids is 1. The van der Waals surface area contributed by atoms with Gasteiger partial charge in [-0.3, -0.25) is 4.79 Å². The Hall–Kier alpha value is -2.14. The molecule has 0 unspecified atom stereocenters. The highest BCUT2D eigenvalue weighted by atomic mass is 32.2. The van der Waals surface area contributed by atoms with Gasteiger partial charge >= 0.3 is 0 Å². The number of carbonyl (C=O) groups is 1. The van der Waals surface area contributed by atoms with Gasteiger partial charge in [-0.15, -0.1) is 11.8 Å². The first-order chi connectivity index (χ1) is 10.8. The first kappa shape index (κ1) is 13.5. The van der Waals surface area contributed by atoms with E-state index < -0.39 is 0 Å². The fourth-order valence-corrected chi connectivity index (χ4v) is 3.93. The number of thioether (sulfide) groups is 1. The van der Waals surface area contributed by atoms with Gasteiger partial charge in [0.05, 0.1) is 5.75 Å². The van der Waals surface area contributed by atoms with Gasteiger partial charge in [0, 0.05) is 6.54 Å². The van der Waals surface area contributed by atoms with Gasteiger partial charge in [-0.05, 0) is 23.3 Å². The lowest BCUT2D eigenvalue weighted by atomic mass is 10.1. The lowest BCUT2D eigenvalue weighted by molar-refractivity contribution is -0.128. The summed E-state index contributed by atoms with van der Waals surface area (Å²) in [7, 11) is 0. The van der Waals surface area contributed by atoms with Gasteiger partial charge in [0.15, 0.2) is 11.5 Å². The van der Waals surface area contributed by atoms with Crippen LogP contribution in [-0.4, -0.2) is 23.4 Å². The van der Waals surface area contributed by atoms with Crippen LogP contribution >= 0.6 is 11.8 Å². The molecule has 1 amide bonds. The Morgan fingerprint density at radius 2 is 1.91 bits per heavy atom. The average Bonchev–Trinajstić information content (AvgIpc) is 3.15. The van der Waals surface area contributed by atoms with E-state index in [1.54, 1.807) is 11.8 Å². The molecule has 1 atom stereocenters. The first-order valence-corrected chi connectivity index (χ1v) is 8.21. The quantitative estimate of drug-likeness (QED) is 0.872. The zero-order valence-corrected chi connectivity index (χ0v) is 12.7. The minimum absolute atomic E-state index is 0.0298.